The molecule has 1 N–H and O–H groups in total. The van der Waals surface area contributed by atoms with Crippen LogP contribution in [0.1, 0.15) is 50.5 Å². The van der Waals surface area contributed by atoms with Crippen molar-refractivity contribution >= 4 is 11.5 Å². The third-order valence-electron chi connectivity index (χ3n) is 7.70. The summed E-state index contributed by atoms with van der Waals surface area (Å²) in [4.78, 5) is 7.10. The van der Waals surface area contributed by atoms with E-state index in [0.29, 0.717) is 17.9 Å². The summed E-state index contributed by atoms with van der Waals surface area (Å²) in [6.45, 7) is 2.18. The van der Waals surface area contributed by atoms with E-state index < -0.39 is 0 Å². The second-order valence-electron chi connectivity index (χ2n) is 10.1. The number of hydrogen-bond donors (Lipinski definition) is 1. The zero-order valence-electron chi connectivity index (χ0n) is 20.2. The van der Waals surface area contributed by atoms with Gasteiger partial charge in [-0.2, -0.15) is 5.26 Å². The van der Waals surface area contributed by atoms with Crippen molar-refractivity contribution in [3.05, 3.63) is 78.2 Å². The third kappa shape index (κ3) is 5.82. The molecular weight excluding hydrogens is 435 g/mol. The molecule has 1 saturated heterocycles. The van der Waals surface area contributed by atoms with Gasteiger partial charge in [0.25, 0.3) is 0 Å². The van der Waals surface area contributed by atoms with E-state index in [4.69, 9.17) is 5.26 Å². The SMILES string of the molecule is N#Cc1ccc(N2CCC[C@H](C[C@@H]3CCCC[C@H]3Nc3cc(-c4ccc(F)cc4)ccn3)C2)cc1. The number of rotatable bonds is 6. The van der Waals surface area contributed by atoms with E-state index in [1.807, 2.05) is 36.5 Å². The van der Waals surface area contributed by atoms with Gasteiger partial charge in [0.15, 0.2) is 0 Å². The second-order valence-corrected chi connectivity index (χ2v) is 10.1. The lowest BCUT2D eigenvalue weighted by atomic mass is 9.77. The molecule has 0 spiro atoms. The Labute approximate surface area is 207 Å². The minimum absolute atomic E-state index is 0.216. The Balaban J connectivity index is 1.24. The summed E-state index contributed by atoms with van der Waals surface area (Å²) in [5, 5.41) is 12.9. The van der Waals surface area contributed by atoms with Crippen LogP contribution in [0.5, 0.6) is 0 Å². The molecule has 1 aliphatic heterocycles. The topological polar surface area (TPSA) is 52.0 Å². The maximum Gasteiger partial charge on any atom is 0.126 e. The number of nitrogens with one attached hydrogen (secondary N) is 1. The molecule has 2 fully saturated rings. The van der Waals surface area contributed by atoms with Gasteiger partial charge in [-0.15, -0.1) is 0 Å². The Bertz CT molecular complexity index is 1150. The first kappa shape index (κ1) is 23.4. The van der Waals surface area contributed by atoms with Gasteiger partial charge >= 0.3 is 0 Å². The minimum atomic E-state index is -0.216. The smallest absolute Gasteiger partial charge is 0.126 e. The van der Waals surface area contributed by atoms with E-state index in [0.717, 1.165) is 35.6 Å². The quantitative estimate of drug-likeness (QED) is 0.422. The van der Waals surface area contributed by atoms with Gasteiger partial charge in [-0.25, -0.2) is 9.37 Å². The van der Waals surface area contributed by atoms with Gasteiger partial charge in [0, 0.05) is 31.0 Å². The van der Waals surface area contributed by atoms with Crippen molar-refractivity contribution in [1.82, 2.24) is 4.98 Å². The summed E-state index contributed by atoms with van der Waals surface area (Å²) in [5.41, 5.74) is 4.01. The van der Waals surface area contributed by atoms with E-state index in [-0.39, 0.29) is 5.82 Å². The molecule has 0 bridgehead atoms. The highest BCUT2D eigenvalue weighted by atomic mass is 19.1. The van der Waals surface area contributed by atoms with Gasteiger partial charge in [-0.1, -0.05) is 25.0 Å². The highest BCUT2D eigenvalue weighted by Gasteiger charge is 2.30. The molecule has 0 radical (unpaired) electrons. The summed E-state index contributed by atoms with van der Waals surface area (Å²) < 4.78 is 13.3. The number of aromatic nitrogens is 1. The van der Waals surface area contributed by atoms with Gasteiger partial charge < -0.3 is 10.2 Å². The molecule has 2 aromatic carbocycles. The predicted octanol–water partition coefficient (Wildman–Crippen LogP) is 7.04. The zero-order chi connectivity index (χ0) is 24.0. The van der Waals surface area contributed by atoms with Crippen LogP contribution in [0.15, 0.2) is 66.9 Å². The van der Waals surface area contributed by atoms with E-state index in [1.54, 1.807) is 0 Å². The summed E-state index contributed by atoms with van der Waals surface area (Å²) in [5.74, 6) is 2.02. The number of pyridine rings is 1. The monoisotopic (exact) mass is 468 g/mol. The second kappa shape index (κ2) is 10.9. The number of piperidine rings is 1. The molecule has 5 heteroatoms. The van der Waals surface area contributed by atoms with E-state index >= 15 is 0 Å². The van der Waals surface area contributed by atoms with Crippen molar-refractivity contribution in [1.29, 1.82) is 5.26 Å². The summed E-state index contributed by atoms with van der Waals surface area (Å²) in [7, 11) is 0. The molecule has 5 rings (SSSR count). The molecule has 2 aliphatic rings. The average Bonchev–Trinajstić information content (AvgIpc) is 2.91. The van der Waals surface area contributed by atoms with Crippen LogP contribution in [0, 0.1) is 29.0 Å². The van der Waals surface area contributed by atoms with Crippen molar-refractivity contribution in [3.8, 4) is 17.2 Å². The lowest BCUT2D eigenvalue weighted by Crippen LogP contribution is -2.39. The fourth-order valence-electron chi connectivity index (χ4n) is 5.87. The first-order valence-corrected chi connectivity index (χ1v) is 12.9. The normalized spacial score (nSPS) is 22.4. The van der Waals surface area contributed by atoms with E-state index in [1.165, 1.54) is 62.8 Å². The molecule has 180 valence electrons. The average molecular weight is 469 g/mol. The fraction of sp³-hybridized carbons (Fsp3) is 0.400. The van der Waals surface area contributed by atoms with Crippen molar-refractivity contribution in [2.45, 2.75) is 51.0 Å². The standard InChI is InChI=1S/C30H33FN4/c31-27-11-9-24(10-12-27)25-15-16-33-30(19-25)34-29-6-2-1-5-26(29)18-23-4-3-17-35(21-23)28-13-7-22(20-32)8-14-28/h7-16,19,23,26,29H,1-6,17-18,21H2,(H,33,34)/t23-,26+,29-/m1/s1. The molecule has 2 heterocycles. The Morgan fingerprint density at radius 1 is 0.943 bits per heavy atom. The highest BCUT2D eigenvalue weighted by molar-refractivity contribution is 5.66. The summed E-state index contributed by atoms with van der Waals surface area (Å²) in [6, 6.07) is 21.4. The largest absolute Gasteiger partial charge is 0.371 e. The van der Waals surface area contributed by atoms with Gasteiger partial charge in [0.1, 0.15) is 11.6 Å². The number of anilines is 2. The number of nitrogens with zero attached hydrogens (tertiary/aromatic N) is 3. The molecule has 1 saturated carbocycles. The van der Waals surface area contributed by atoms with Crippen molar-refractivity contribution in [2.75, 3.05) is 23.3 Å². The third-order valence-corrected chi connectivity index (χ3v) is 7.70. The van der Waals surface area contributed by atoms with Crippen LogP contribution in [0.25, 0.3) is 11.1 Å². The van der Waals surface area contributed by atoms with Crippen molar-refractivity contribution in [2.24, 2.45) is 11.8 Å². The van der Waals surface area contributed by atoms with E-state index in [2.05, 4.69) is 39.5 Å². The van der Waals surface area contributed by atoms with Crippen LogP contribution in [0.4, 0.5) is 15.9 Å². The van der Waals surface area contributed by atoms with E-state index in [9.17, 15) is 4.39 Å². The van der Waals surface area contributed by atoms with Gasteiger partial charge in [0.05, 0.1) is 11.6 Å². The maximum absolute atomic E-state index is 13.3. The Hall–Kier alpha value is -3.39. The molecule has 0 unspecified atom stereocenters. The van der Waals surface area contributed by atoms with Crippen molar-refractivity contribution in [3.63, 3.8) is 0 Å². The first-order chi connectivity index (χ1) is 17.2. The lowest BCUT2D eigenvalue weighted by Gasteiger charge is -2.39. The highest BCUT2D eigenvalue weighted by Crippen LogP contribution is 2.35. The first-order valence-electron chi connectivity index (χ1n) is 12.9. The summed E-state index contributed by atoms with van der Waals surface area (Å²) >= 11 is 0. The Morgan fingerprint density at radius 2 is 1.74 bits per heavy atom. The van der Waals surface area contributed by atoms with Crippen LogP contribution in [0.3, 0.4) is 0 Å². The van der Waals surface area contributed by atoms with Crippen LogP contribution in [-0.4, -0.2) is 24.1 Å². The molecule has 3 atom stereocenters. The van der Waals surface area contributed by atoms with Crippen molar-refractivity contribution < 1.29 is 4.39 Å². The molecule has 4 nitrogen and oxygen atoms in total. The van der Waals surface area contributed by atoms with Crippen LogP contribution in [-0.2, 0) is 0 Å². The molecule has 1 aromatic heterocycles. The Kier molecular flexibility index (Phi) is 7.28. The fourth-order valence-corrected chi connectivity index (χ4v) is 5.87. The number of nitriles is 1. The number of hydrogen-bond acceptors (Lipinski definition) is 4. The number of benzene rings is 2. The predicted molar refractivity (Wildman–Crippen MR) is 140 cm³/mol. The lowest BCUT2D eigenvalue weighted by molar-refractivity contribution is 0.247. The Morgan fingerprint density at radius 3 is 2.54 bits per heavy atom. The molecular formula is C30H33FN4. The van der Waals surface area contributed by atoms with Crippen LogP contribution in [0.2, 0.25) is 0 Å². The van der Waals surface area contributed by atoms with Gasteiger partial charge in [0.2, 0.25) is 0 Å². The molecule has 0 amide bonds. The van der Waals surface area contributed by atoms with Crippen LogP contribution < -0.4 is 10.2 Å². The molecule has 3 aromatic rings. The molecule has 1 aliphatic carbocycles. The summed E-state index contributed by atoms with van der Waals surface area (Å²) in [6.07, 6.45) is 10.6. The minimum Gasteiger partial charge on any atom is -0.371 e. The maximum atomic E-state index is 13.3. The number of halogens is 1. The zero-order valence-corrected chi connectivity index (χ0v) is 20.2. The van der Waals surface area contributed by atoms with Gasteiger partial charge in [-0.05, 0) is 104 Å². The molecule has 35 heavy (non-hydrogen) atoms. The van der Waals surface area contributed by atoms with Crippen LogP contribution >= 0.6 is 0 Å². The van der Waals surface area contributed by atoms with Gasteiger partial charge in [-0.3, -0.25) is 0 Å².